The van der Waals surface area contributed by atoms with E-state index in [0.717, 1.165) is 31.1 Å². The van der Waals surface area contributed by atoms with Crippen molar-refractivity contribution >= 4 is 28.7 Å². The molecule has 0 saturated carbocycles. The van der Waals surface area contributed by atoms with Gasteiger partial charge in [0.2, 0.25) is 11.8 Å². The number of hydrogen-bond acceptors (Lipinski definition) is 4. The first kappa shape index (κ1) is 11.4. The average molecular weight is 241 g/mol. The number of nitrogens with one attached hydrogen (secondary N) is 1. The maximum Gasteiger partial charge on any atom is 0.236 e. The van der Waals surface area contributed by atoms with Crippen LogP contribution in [0.15, 0.2) is 4.99 Å². The molecule has 0 bridgehead atoms. The average Bonchev–Trinajstić information content (AvgIpc) is 2.83. The Labute approximate surface area is 98.7 Å². The van der Waals surface area contributed by atoms with E-state index in [1.807, 2.05) is 4.90 Å². The summed E-state index contributed by atoms with van der Waals surface area (Å²) in [6.45, 7) is 2.35. The molecule has 2 saturated heterocycles. The van der Waals surface area contributed by atoms with E-state index in [-0.39, 0.29) is 11.8 Å². The lowest BCUT2D eigenvalue weighted by Gasteiger charge is -2.13. The molecule has 0 aromatic heterocycles. The lowest BCUT2D eigenvalue weighted by molar-refractivity contribution is -0.127. The van der Waals surface area contributed by atoms with Crippen molar-refractivity contribution in [3.8, 4) is 0 Å². The summed E-state index contributed by atoms with van der Waals surface area (Å²) in [4.78, 5) is 28.3. The fourth-order valence-corrected chi connectivity index (χ4v) is 2.50. The van der Waals surface area contributed by atoms with Crippen LogP contribution in [0.25, 0.3) is 0 Å². The number of nitrogens with zero attached hydrogens (tertiary/aromatic N) is 2. The minimum Gasteiger partial charge on any atom is -0.343 e. The molecular formula is C10H15N3O2S. The van der Waals surface area contributed by atoms with Gasteiger partial charge in [0.25, 0.3) is 0 Å². The van der Waals surface area contributed by atoms with E-state index in [4.69, 9.17) is 0 Å². The van der Waals surface area contributed by atoms with Crippen molar-refractivity contribution in [3.63, 3.8) is 0 Å². The fourth-order valence-electron chi connectivity index (χ4n) is 1.79. The molecule has 6 heteroatoms. The normalized spacial score (nSPS) is 23.2. The third-order valence-corrected chi connectivity index (χ3v) is 3.51. The minimum atomic E-state index is 0.0264. The molecule has 1 N–H and O–H groups in total. The van der Waals surface area contributed by atoms with Crippen LogP contribution in [-0.4, -0.2) is 47.3 Å². The number of rotatable bonds is 4. The molecule has 0 aromatic carbocycles. The highest BCUT2D eigenvalue weighted by Gasteiger charge is 2.19. The minimum absolute atomic E-state index is 0.0264. The zero-order valence-electron chi connectivity index (χ0n) is 9.07. The van der Waals surface area contributed by atoms with E-state index < -0.39 is 0 Å². The van der Waals surface area contributed by atoms with Crippen LogP contribution in [0, 0.1) is 0 Å². The zero-order chi connectivity index (χ0) is 11.4. The van der Waals surface area contributed by atoms with Crippen molar-refractivity contribution in [2.75, 3.05) is 25.4 Å². The highest BCUT2D eigenvalue weighted by Crippen LogP contribution is 2.11. The quantitative estimate of drug-likeness (QED) is 0.716. The summed E-state index contributed by atoms with van der Waals surface area (Å²) < 4.78 is 0. The van der Waals surface area contributed by atoms with Crippen molar-refractivity contribution < 1.29 is 9.59 Å². The third-order valence-electron chi connectivity index (χ3n) is 2.60. The summed E-state index contributed by atoms with van der Waals surface area (Å²) in [7, 11) is 0. The second-order valence-corrected chi connectivity index (χ2v) is 4.83. The van der Waals surface area contributed by atoms with Crippen molar-refractivity contribution in [2.24, 2.45) is 4.99 Å². The van der Waals surface area contributed by atoms with Crippen molar-refractivity contribution in [1.29, 1.82) is 0 Å². The molecule has 0 aromatic rings. The number of likely N-dealkylation sites (tertiary alicyclic amines) is 1. The SMILES string of the molecule is O=C1CSC(=NCCCN2CCCC2=O)N1. The van der Waals surface area contributed by atoms with Gasteiger partial charge in [-0.1, -0.05) is 11.8 Å². The number of hydrogen-bond donors (Lipinski definition) is 1. The molecule has 2 aliphatic rings. The summed E-state index contributed by atoms with van der Waals surface area (Å²) >= 11 is 1.44. The van der Waals surface area contributed by atoms with Gasteiger partial charge in [0, 0.05) is 26.1 Å². The van der Waals surface area contributed by atoms with Crippen molar-refractivity contribution in [3.05, 3.63) is 0 Å². The van der Waals surface area contributed by atoms with Gasteiger partial charge in [-0.05, 0) is 12.8 Å². The van der Waals surface area contributed by atoms with Crippen molar-refractivity contribution in [1.82, 2.24) is 10.2 Å². The number of thioether (sulfide) groups is 1. The van der Waals surface area contributed by atoms with E-state index in [2.05, 4.69) is 10.3 Å². The Balaban J connectivity index is 1.65. The molecule has 0 radical (unpaired) electrons. The van der Waals surface area contributed by atoms with Crippen LogP contribution in [-0.2, 0) is 9.59 Å². The Morgan fingerprint density at radius 3 is 2.94 bits per heavy atom. The Bertz CT molecular complexity index is 330. The smallest absolute Gasteiger partial charge is 0.236 e. The fraction of sp³-hybridized carbons (Fsp3) is 0.700. The number of carbonyl (C=O) groups excluding carboxylic acids is 2. The molecular weight excluding hydrogens is 226 g/mol. The molecule has 2 rings (SSSR count). The van der Waals surface area contributed by atoms with E-state index in [0.29, 0.717) is 18.7 Å². The molecule has 16 heavy (non-hydrogen) atoms. The molecule has 88 valence electrons. The van der Waals surface area contributed by atoms with Crippen LogP contribution >= 0.6 is 11.8 Å². The van der Waals surface area contributed by atoms with Crippen molar-refractivity contribution in [2.45, 2.75) is 19.3 Å². The third kappa shape index (κ3) is 2.98. The lowest BCUT2D eigenvalue weighted by atomic mass is 10.4. The highest BCUT2D eigenvalue weighted by atomic mass is 32.2. The highest BCUT2D eigenvalue weighted by molar-refractivity contribution is 8.15. The van der Waals surface area contributed by atoms with E-state index >= 15 is 0 Å². The molecule has 2 heterocycles. The number of amides is 2. The number of amidine groups is 1. The Hall–Kier alpha value is -1.04. The first-order valence-electron chi connectivity index (χ1n) is 5.50. The van der Waals surface area contributed by atoms with Crippen LogP contribution in [0.1, 0.15) is 19.3 Å². The molecule has 0 unspecified atom stereocenters. The lowest BCUT2D eigenvalue weighted by Crippen LogP contribution is -2.26. The zero-order valence-corrected chi connectivity index (χ0v) is 9.89. The van der Waals surface area contributed by atoms with E-state index in [9.17, 15) is 9.59 Å². The summed E-state index contributed by atoms with van der Waals surface area (Å²) in [6.07, 6.45) is 2.55. The van der Waals surface area contributed by atoms with Gasteiger partial charge in [-0.3, -0.25) is 14.6 Å². The van der Waals surface area contributed by atoms with Crippen LogP contribution in [0.3, 0.4) is 0 Å². The Morgan fingerprint density at radius 1 is 1.44 bits per heavy atom. The second kappa shape index (κ2) is 5.34. The molecule has 0 aliphatic carbocycles. The number of aliphatic imine (C=N–C) groups is 1. The molecule has 5 nitrogen and oxygen atoms in total. The van der Waals surface area contributed by atoms with Gasteiger partial charge in [-0.2, -0.15) is 0 Å². The Morgan fingerprint density at radius 2 is 2.31 bits per heavy atom. The van der Waals surface area contributed by atoms with Crippen LogP contribution in [0.5, 0.6) is 0 Å². The first-order chi connectivity index (χ1) is 7.75. The molecule has 0 spiro atoms. The first-order valence-corrected chi connectivity index (χ1v) is 6.49. The van der Waals surface area contributed by atoms with E-state index in [1.54, 1.807) is 0 Å². The Kier molecular flexibility index (Phi) is 3.82. The molecule has 2 amide bonds. The van der Waals surface area contributed by atoms with Gasteiger partial charge < -0.3 is 10.2 Å². The van der Waals surface area contributed by atoms with Crippen LogP contribution in [0.4, 0.5) is 0 Å². The summed E-state index contributed by atoms with van der Waals surface area (Å²) in [6, 6.07) is 0. The monoisotopic (exact) mass is 241 g/mol. The molecule has 2 aliphatic heterocycles. The molecule has 2 fully saturated rings. The summed E-state index contributed by atoms with van der Waals surface area (Å²) in [5, 5.41) is 3.40. The van der Waals surface area contributed by atoms with Gasteiger partial charge in [-0.25, -0.2) is 0 Å². The maximum atomic E-state index is 11.3. The van der Waals surface area contributed by atoms with Crippen LogP contribution in [0.2, 0.25) is 0 Å². The van der Waals surface area contributed by atoms with E-state index in [1.165, 1.54) is 11.8 Å². The van der Waals surface area contributed by atoms with Gasteiger partial charge in [0.15, 0.2) is 5.17 Å². The molecule has 0 atom stereocenters. The predicted octanol–water partition coefficient (Wildman–Crippen LogP) is 0.218. The number of carbonyl (C=O) groups is 2. The maximum absolute atomic E-state index is 11.3. The second-order valence-electron chi connectivity index (χ2n) is 3.86. The summed E-state index contributed by atoms with van der Waals surface area (Å²) in [5.41, 5.74) is 0. The largest absolute Gasteiger partial charge is 0.343 e. The standard InChI is InChI=1S/C10H15N3O2S/c14-8-7-16-10(12-8)11-4-2-6-13-5-1-3-9(13)15/h1-7H2,(H,11,12,14). The van der Waals surface area contributed by atoms with Crippen LogP contribution < -0.4 is 5.32 Å². The summed E-state index contributed by atoms with van der Waals surface area (Å²) in [5.74, 6) is 0.762. The van der Waals surface area contributed by atoms with Gasteiger partial charge in [0.1, 0.15) is 0 Å². The van der Waals surface area contributed by atoms with Gasteiger partial charge in [0.05, 0.1) is 5.75 Å². The van der Waals surface area contributed by atoms with Gasteiger partial charge in [-0.15, -0.1) is 0 Å². The topological polar surface area (TPSA) is 61.8 Å². The predicted molar refractivity (Wildman–Crippen MR) is 63.3 cm³/mol. The van der Waals surface area contributed by atoms with Gasteiger partial charge >= 0.3 is 0 Å².